The van der Waals surface area contributed by atoms with E-state index in [0.717, 1.165) is 47.9 Å². The molecule has 1 aliphatic heterocycles. The van der Waals surface area contributed by atoms with Crippen LogP contribution >= 0.6 is 0 Å². The molecule has 3 amide bonds. The Morgan fingerprint density at radius 3 is 2.16 bits per heavy atom. The molecule has 4 aromatic carbocycles. The van der Waals surface area contributed by atoms with Gasteiger partial charge in [0.25, 0.3) is 5.91 Å². The first-order valence-corrected chi connectivity index (χ1v) is 27.3. The Kier molecular flexibility index (Phi) is 16.5. The Balaban J connectivity index is 1.24. The van der Waals surface area contributed by atoms with Crippen molar-refractivity contribution in [2.45, 2.75) is 84.4 Å². The second-order valence-corrected chi connectivity index (χ2v) is 26.5. The summed E-state index contributed by atoms with van der Waals surface area (Å²) in [5.74, 6) is 5.15. The summed E-state index contributed by atoms with van der Waals surface area (Å²) in [5.41, 5.74) is 8.43. The van der Waals surface area contributed by atoms with Crippen LogP contribution in [0.4, 0.5) is 33.4 Å². The highest BCUT2D eigenvalue weighted by atomic mass is 32.2. The maximum Gasteiger partial charge on any atom is 0.323 e. The Labute approximate surface area is 403 Å². The molecule has 5 N–H and O–H groups in total. The van der Waals surface area contributed by atoms with Crippen LogP contribution in [0, 0.1) is 11.5 Å². The Morgan fingerprint density at radius 1 is 0.853 bits per heavy atom. The maximum atomic E-state index is 13.8. The normalized spacial score (nSPS) is 13.5. The van der Waals surface area contributed by atoms with E-state index in [-0.39, 0.29) is 22.8 Å². The van der Waals surface area contributed by atoms with Crippen LogP contribution in [-0.4, -0.2) is 91.1 Å². The predicted octanol–water partition coefficient (Wildman–Crippen LogP) is 10.7. The fourth-order valence-electron chi connectivity index (χ4n) is 8.99. The number of carbonyl (C=O) groups excluding carboxylic acids is 2. The number of fused-ring (bicyclic) bond motifs is 1. The van der Waals surface area contributed by atoms with Crippen LogP contribution in [0.3, 0.4) is 0 Å². The fraction of sp³-hybridized carbons (Fsp3) is 0.404. The zero-order valence-electron chi connectivity index (χ0n) is 41.2. The highest BCUT2D eigenvalue weighted by Gasteiger charge is 2.41. The van der Waals surface area contributed by atoms with Crippen molar-refractivity contribution < 1.29 is 32.2 Å². The number of hydrogen-bond donors (Lipinski definition) is 5. The molecule has 0 saturated carbocycles. The second-order valence-electron chi connectivity index (χ2n) is 19.2. The van der Waals surface area contributed by atoms with Crippen molar-refractivity contribution in [3.8, 4) is 28.7 Å². The number of nitrogens with one attached hydrogen (secondary N) is 5. The molecule has 16 heteroatoms. The van der Waals surface area contributed by atoms with Gasteiger partial charge in [-0.25, -0.2) is 18.2 Å². The molecule has 1 fully saturated rings. The Morgan fingerprint density at radius 2 is 1.51 bits per heavy atom. The Bertz CT molecular complexity index is 2770. The highest BCUT2D eigenvalue weighted by molar-refractivity contribution is 7.92. The number of rotatable bonds is 16. The summed E-state index contributed by atoms with van der Waals surface area (Å²) in [4.78, 5) is 34.3. The number of methoxy groups -OCH3 is 1. The summed E-state index contributed by atoms with van der Waals surface area (Å²) in [6, 6.07) is 23.2. The van der Waals surface area contributed by atoms with Crippen LogP contribution in [0.15, 0.2) is 85.1 Å². The number of carbonyl (C=O) groups is 2. The van der Waals surface area contributed by atoms with Gasteiger partial charge in [-0.2, -0.15) is 0 Å². The van der Waals surface area contributed by atoms with Gasteiger partial charge in [-0.05, 0) is 76.1 Å². The van der Waals surface area contributed by atoms with Gasteiger partial charge in [0.05, 0.1) is 49.2 Å². The van der Waals surface area contributed by atoms with Crippen LogP contribution in [-0.2, 0) is 20.2 Å². The molecule has 5 aromatic rings. The third-order valence-corrected chi connectivity index (χ3v) is 19.3. The van der Waals surface area contributed by atoms with Crippen molar-refractivity contribution in [1.82, 2.24) is 15.2 Å². The number of sulfonamides is 1. The van der Waals surface area contributed by atoms with Gasteiger partial charge in [0.2, 0.25) is 10.0 Å². The van der Waals surface area contributed by atoms with Gasteiger partial charge < -0.3 is 35.5 Å². The molecule has 1 saturated heterocycles. The minimum absolute atomic E-state index is 0.160. The van der Waals surface area contributed by atoms with E-state index in [1.165, 1.54) is 7.11 Å². The van der Waals surface area contributed by atoms with E-state index >= 15 is 0 Å². The summed E-state index contributed by atoms with van der Waals surface area (Å²) >= 11 is 0. The van der Waals surface area contributed by atoms with Gasteiger partial charge in [-0.15, -0.1) is 5.54 Å². The maximum absolute atomic E-state index is 13.8. The summed E-state index contributed by atoms with van der Waals surface area (Å²) in [7, 11) is -4.37. The molecule has 14 nitrogen and oxygen atoms in total. The van der Waals surface area contributed by atoms with Gasteiger partial charge in [-0.1, -0.05) is 92.5 Å². The van der Waals surface area contributed by atoms with Gasteiger partial charge >= 0.3 is 6.03 Å². The number of nitrogens with zero attached hydrogens (tertiary/aromatic N) is 2. The number of morpholine rings is 1. The highest BCUT2D eigenvalue weighted by Crippen LogP contribution is 2.42. The molecule has 2 heterocycles. The minimum Gasteiger partial charge on any atom is -0.492 e. The minimum atomic E-state index is -3.65. The lowest BCUT2D eigenvalue weighted by atomic mass is 9.86. The zero-order valence-corrected chi connectivity index (χ0v) is 43.0. The van der Waals surface area contributed by atoms with Crippen LogP contribution in [0.1, 0.15) is 83.8 Å². The monoisotopic (exact) mass is 961 g/mol. The van der Waals surface area contributed by atoms with Crippen LogP contribution < -0.4 is 35.5 Å². The first kappa shape index (κ1) is 51.3. The second kappa shape index (κ2) is 21.9. The summed E-state index contributed by atoms with van der Waals surface area (Å²) in [6.07, 6.45) is 2.72. The molecule has 6 rings (SSSR count). The van der Waals surface area contributed by atoms with Crippen molar-refractivity contribution in [2.75, 3.05) is 73.4 Å². The zero-order chi connectivity index (χ0) is 49.4. The number of ether oxygens (including phenoxy) is 3. The van der Waals surface area contributed by atoms with E-state index in [1.807, 2.05) is 63.2 Å². The van der Waals surface area contributed by atoms with Gasteiger partial charge in [0.1, 0.15) is 25.4 Å². The molecule has 1 aromatic heterocycles. The molecule has 0 spiro atoms. The summed E-state index contributed by atoms with van der Waals surface area (Å²) in [5, 5.41) is 13.8. The van der Waals surface area contributed by atoms with E-state index in [4.69, 9.17) is 14.2 Å². The van der Waals surface area contributed by atoms with Crippen molar-refractivity contribution in [2.24, 2.45) is 0 Å². The fourth-order valence-corrected chi connectivity index (χ4v) is 14.8. The van der Waals surface area contributed by atoms with Crippen LogP contribution in [0.5, 0.6) is 17.2 Å². The number of urea groups is 1. The molecule has 0 bridgehead atoms. The number of amides is 3. The van der Waals surface area contributed by atoms with E-state index in [1.54, 1.807) is 42.6 Å². The van der Waals surface area contributed by atoms with E-state index in [9.17, 15) is 18.0 Å². The van der Waals surface area contributed by atoms with Crippen molar-refractivity contribution in [3.05, 3.63) is 102 Å². The molecule has 0 unspecified atom stereocenters. The number of aromatic nitrogens is 1. The molecule has 0 radical (unpaired) electrons. The largest absolute Gasteiger partial charge is 0.492 e. The lowest BCUT2D eigenvalue weighted by Gasteiger charge is -2.38. The molecular formula is C52H67N7O7SSi. The van der Waals surface area contributed by atoms with Crippen LogP contribution in [0.2, 0.25) is 16.6 Å². The first-order chi connectivity index (χ1) is 32.2. The number of anilines is 5. The average molecular weight is 962 g/mol. The molecule has 1 aliphatic rings. The number of pyridine rings is 1. The van der Waals surface area contributed by atoms with Crippen molar-refractivity contribution in [3.63, 3.8) is 0 Å². The van der Waals surface area contributed by atoms with E-state index < -0.39 is 24.1 Å². The van der Waals surface area contributed by atoms with Crippen molar-refractivity contribution in [1.29, 1.82) is 0 Å². The van der Waals surface area contributed by atoms with E-state index in [0.29, 0.717) is 76.2 Å². The van der Waals surface area contributed by atoms with Gasteiger partial charge in [-0.3, -0.25) is 14.4 Å². The summed E-state index contributed by atoms with van der Waals surface area (Å²) < 4.78 is 44.6. The van der Waals surface area contributed by atoms with Crippen molar-refractivity contribution >= 4 is 69.4 Å². The van der Waals surface area contributed by atoms with Crippen LogP contribution in [0.25, 0.3) is 10.8 Å². The molecule has 0 aliphatic carbocycles. The topological polar surface area (TPSA) is 172 Å². The summed E-state index contributed by atoms with van der Waals surface area (Å²) in [6.45, 7) is 24.0. The third kappa shape index (κ3) is 12.7. The average Bonchev–Trinajstić information content (AvgIpc) is 3.26. The number of benzene rings is 4. The SMILES string of the molecule is COc1c(NC(=O)Nc2ccc(Oc3ccnc(Nc4ccc(C(=O)NCCN5CCOCC5)c(C#C[Si](C(C)C)(C(C)C)C(C)C)c4)c3)c3ccccc23)cc(C(C)(C)C)cc1NS(C)(=O)=O. The molecular weight excluding hydrogens is 895 g/mol. The smallest absolute Gasteiger partial charge is 0.323 e. The lowest BCUT2D eigenvalue weighted by Crippen LogP contribution is -2.43. The quantitative estimate of drug-likeness (QED) is 0.0473. The number of hydrogen-bond acceptors (Lipinski definition) is 10. The predicted molar refractivity (Wildman–Crippen MR) is 278 cm³/mol. The standard InChI is InChI=1S/C52H67N7O7SSi/c1-34(2)68(35(3)4,36(5)6)29-21-37-30-39(16-17-41(37)50(60)54-23-24-59-25-27-65-28-26-59)55-48-33-40(20-22-53-48)66-47-19-18-44(42-14-12-13-15-43(42)47)56-51(61)57-45-31-38(52(7,8)9)32-46(49(45)64-10)58-67(11,62)63/h12-20,22,30-36,58H,23-28H2,1-11H3,(H,53,55)(H,54,60)(H2,56,57,61). The molecule has 0 atom stereocenters. The van der Waals surface area contributed by atoms with Gasteiger partial charge in [0.15, 0.2) is 5.75 Å². The molecule has 362 valence electrons. The molecule has 68 heavy (non-hydrogen) atoms. The third-order valence-electron chi connectivity index (χ3n) is 12.4. The Hall–Kier alpha value is -6.12. The van der Waals surface area contributed by atoms with E-state index in [2.05, 4.69) is 88.9 Å². The lowest BCUT2D eigenvalue weighted by molar-refractivity contribution is 0.0383. The van der Waals surface area contributed by atoms with Gasteiger partial charge in [0, 0.05) is 60.5 Å². The first-order valence-electron chi connectivity index (χ1n) is 23.1.